The molecule has 0 spiro atoms. The van der Waals surface area contributed by atoms with Crippen molar-refractivity contribution in [3.8, 4) is 0 Å². The predicted octanol–water partition coefficient (Wildman–Crippen LogP) is 3.27. The third-order valence-corrected chi connectivity index (χ3v) is 5.93. The molecular weight excluding hydrogens is 396 g/mol. The van der Waals surface area contributed by atoms with Crippen LogP contribution in [0.15, 0.2) is 12.1 Å². The van der Waals surface area contributed by atoms with Crippen molar-refractivity contribution in [3.63, 3.8) is 0 Å². The van der Waals surface area contributed by atoms with Crippen LogP contribution in [0.1, 0.15) is 5.56 Å². The average Bonchev–Trinajstić information content (AvgIpc) is 2.43. The lowest BCUT2D eigenvalue weighted by atomic mass is 10.1. The molecule has 0 bridgehead atoms. The first-order chi connectivity index (χ1) is 11.3. The maximum atomic E-state index is 11.7. The molecule has 0 aliphatic rings. The molecule has 0 amide bonds. The number of halogens is 1. The third-order valence-electron chi connectivity index (χ3n) is 3.01. The van der Waals surface area contributed by atoms with E-state index in [-0.39, 0.29) is 11.6 Å². The molecular formula is C12H17ClN2O8SSi. The number of benzene rings is 1. The van der Waals surface area contributed by atoms with Crippen LogP contribution in [0, 0.1) is 20.2 Å². The summed E-state index contributed by atoms with van der Waals surface area (Å²) < 4.78 is 32.7. The molecule has 0 fully saturated rings. The van der Waals surface area contributed by atoms with E-state index in [4.69, 9.17) is 11.6 Å². The molecule has 0 aliphatic heterocycles. The minimum atomic E-state index is -4.42. The molecule has 0 atom stereocenters. The van der Waals surface area contributed by atoms with Crippen molar-refractivity contribution in [2.24, 2.45) is 0 Å². The lowest BCUT2D eigenvalue weighted by molar-refractivity contribution is -0.423. The maximum Gasteiger partial charge on any atom is 0.400 e. The maximum absolute atomic E-state index is 11.7. The number of hydrogen-bond donors (Lipinski definition) is 0. The van der Waals surface area contributed by atoms with Crippen molar-refractivity contribution < 1.29 is 26.6 Å². The molecule has 0 heterocycles. The first kappa shape index (κ1) is 21.4. The molecule has 0 unspecified atom stereocenters. The molecule has 10 nitrogen and oxygen atoms in total. The first-order valence-electron chi connectivity index (χ1n) is 6.98. The lowest BCUT2D eigenvalue weighted by Gasteiger charge is -2.15. The van der Waals surface area contributed by atoms with Crippen LogP contribution < -0.4 is 0 Å². The highest BCUT2D eigenvalue weighted by atomic mass is 35.5. The predicted molar refractivity (Wildman–Crippen MR) is 92.6 cm³/mol. The molecule has 25 heavy (non-hydrogen) atoms. The van der Waals surface area contributed by atoms with Gasteiger partial charge in [0.05, 0.1) is 27.0 Å². The highest BCUT2D eigenvalue weighted by molar-refractivity contribution is 7.81. The monoisotopic (exact) mass is 412 g/mol. The summed E-state index contributed by atoms with van der Waals surface area (Å²) in [5, 5.41) is 21.8. The Morgan fingerprint density at radius 1 is 1.12 bits per heavy atom. The first-order valence-corrected chi connectivity index (χ1v) is 12.4. The molecule has 0 N–H and O–H groups in total. The van der Waals surface area contributed by atoms with Gasteiger partial charge < -0.3 is 0 Å². The van der Waals surface area contributed by atoms with Gasteiger partial charge >= 0.3 is 21.8 Å². The van der Waals surface area contributed by atoms with Crippen LogP contribution in [0.2, 0.25) is 30.7 Å². The Hall–Kier alpha value is -1.60. The van der Waals surface area contributed by atoms with E-state index < -0.39 is 51.9 Å². The standard InChI is InChI=1S/C12H17ClN2O8SSi/c1-25(2,3)7-6-22-24(20,21)23-8-9-10(13)4-5-11(14(16)17)12(9)15(18)19/h4-5H,6-8H2,1-3H3. The number of rotatable bonds is 9. The number of hydrogen-bond acceptors (Lipinski definition) is 8. The Morgan fingerprint density at radius 3 is 2.20 bits per heavy atom. The van der Waals surface area contributed by atoms with Gasteiger partial charge in [0.25, 0.3) is 0 Å². The summed E-state index contributed by atoms with van der Waals surface area (Å²) in [4.78, 5) is 20.0. The van der Waals surface area contributed by atoms with Gasteiger partial charge in [-0.05, 0) is 12.1 Å². The van der Waals surface area contributed by atoms with E-state index in [0.29, 0.717) is 6.04 Å². The summed E-state index contributed by atoms with van der Waals surface area (Å²) in [6, 6.07) is 2.49. The molecule has 0 radical (unpaired) electrons. The van der Waals surface area contributed by atoms with E-state index in [9.17, 15) is 28.6 Å². The topological polar surface area (TPSA) is 139 Å². The molecule has 0 saturated heterocycles. The molecule has 1 aromatic carbocycles. The van der Waals surface area contributed by atoms with Gasteiger partial charge in [0.15, 0.2) is 0 Å². The second kappa shape index (κ2) is 8.18. The summed E-state index contributed by atoms with van der Waals surface area (Å²) in [6.07, 6.45) is 0. The van der Waals surface area contributed by atoms with E-state index in [1.165, 1.54) is 0 Å². The SMILES string of the molecule is C[Si](C)(C)CCOS(=O)(=O)OCc1c(Cl)ccc([N+](=O)[O-])c1[N+](=O)[O-]. The molecule has 0 saturated carbocycles. The van der Waals surface area contributed by atoms with Gasteiger partial charge in [0.1, 0.15) is 6.61 Å². The fourth-order valence-corrected chi connectivity index (χ4v) is 3.39. The minimum absolute atomic E-state index is 0.0805. The zero-order valence-corrected chi connectivity index (χ0v) is 16.3. The van der Waals surface area contributed by atoms with Gasteiger partial charge in [-0.25, -0.2) is 8.37 Å². The number of nitro benzene ring substituents is 2. The Kier molecular flexibility index (Phi) is 7.02. The summed E-state index contributed by atoms with van der Waals surface area (Å²) in [7, 11) is -5.95. The van der Waals surface area contributed by atoms with Crippen molar-refractivity contribution in [1.82, 2.24) is 0 Å². The normalized spacial score (nSPS) is 12.2. The van der Waals surface area contributed by atoms with E-state index in [2.05, 4.69) is 8.37 Å². The molecule has 1 aromatic rings. The van der Waals surface area contributed by atoms with Crippen LogP contribution in [-0.4, -0.2) is 32.9 Å². The van der Waals surface area contributed by atoms with E-state index in [1.807, 2.05) is 19.6 Å². The van der Waals surface area contributed by atoms with Crippen LogP contribution >= 0.6 is 11.6 Å². The molecule has 0 aliphatic carbocycles. The summed E-state index contributed by atoms with van der Waals surface area (Å²) >= 11 is 5.81. The second-order valence-corrected chi connectivity index (χ2v) is 13.5. The van der Waals surface area contributed by atoms with E-state index >= 15 is 0 Å². The van der Waals surface area contributed by atoms with E-state index in [1.54, 1.807) is 0 Å². The smallest absolute Gasteiger partial charge is 0.258 e. The van der Waals surface area contributed by atoms with Crippen LogP contribution in [-0.2, 0) is 25.4 Å². The van der Waals surface area contributed by atoms with Crippen molar-refractivity contribution in [1.29, 1.82) is 0 Å². The van der Waals surface area contributed by atoms with Crippen LogP contribution in [0.25, 0.3) is 0 Å². The van der Waals surface area contributed by atoms with Crippen molar-refractivity contribution in [2.75, 3.05) is 6.61 Å². The van der Waals surface area contributed by atoms with Crippen LogP contribution in [0.3, 0.4) is 0 Å². The Morgan fingerprint density at radius 2 is 1.72 bits per heavy atom. The largest absolute Gasteiger partial charge is 0.400 e. The van der Waals surface area contributed by atoms with Gasteiger partial charge in [-0.2, -0.15) is 8.42 Å². The number of nitro groups is 2. The summed E-state index contributed by atoms with van der Waals surface area (Å²) in [5.74, 6) is 0. The quantitative estimate of drug-likeness (QED) is 0.342. The molecule has 140 valence electrons. The zero-order chi connectivity index (χ0) is 19.4. The zero-order valence-electron chi connectivity index (χ0n) is 13.7. The van der Waals surface area contributed by atoms with Gasteiger partial charge in [0.2, 0.25) is 0 Å². The van der Waals surface area contributed by atoms with Gasteiger partial charge in [-0.1, -0.05) is 31.2 Å². The van der Waals surface area contributed by atoms with Crippen LogP contribution in [0.5, 0.6) is 0 Å². The highest BCUT2D eigenvalue weighted by Gasteiger charge is 2.31. The van der Waals surface area contributed by atoms with Gasteiger partial charge in [0, 0.05) is 14.1 Å². The fraction of sp³-hybridized carbons (Fsp3) is 0.500. The van der Waals surface area contributed by atoms with Crippen molar-refractivity contribution >= 4 is 41.4 Å². The average molecular weight is 413 g/mol. The molecule has 0 aromatic heterocycles. The van der Waals surface area contributed by atoms with Crippen molar-refractivity contribution in [3.05, 3.63) is 42.9 Å². The minimum Gasteiger partial charge on any atom is -0.258 e. The highest BCUT2D eigenvalue weighted by Crippen LogP contribution is 2.36. The summed E-state index contributed by atoms with van der Waals surface area (Å²) in [6.45, 7) is 5.14. The molecule has 1 rings (SSSR count). The van der Waals surface area contributed by atoms with Gasteiger partial charge in [-0.15, -0.1) is 0 Å². The van der Waals surface area contributed by atoms with Crippen molar-refractivity contribution in [2.45, 2.75) is 32.3 Å². The molecule has 13 heteroatoms. The number of nitrogens with zero attached hydrogens (tertiary/aromatic N) is 2. The Bertz CT molecular complexity index is 778. The van der Waals surface area contributed by atoms with Gasteiger partial charge in [-0.3, -0.25) is 20.2 Å². The second-order valence-electron chi connectivity index (χ2n) is 6.21. The van der Waals surface area contributed by atoms with E-state index in [0.717, 1.165) is 12.1 Å². The third kappa shape index (κ3) is 6.66. The lowest BCUT2D eigenvalue weighted by Crippen LogP contribution is -2.23. The Balaban J connectivity index is 2.98. The summed E-state index contributed by atoms with van der Waals surface area (Å²) in [5.41, 5.74) is -2.15. The van der Waals surface area contributed by atoms with Crippen LogP contribution in [0.4, 0.5) is 11.4 Å². The fourth-order valence-electron chi connectivity index (χ4n) is 1.70. The Labute approximate surface area is 150 Å².